The number of thiazole rings is 1. The highest BCUT2D eigenvalue weighted by Gasteiger charge is 2.22. The molecule has 0 saturated carbocycles. The smallest absolute Gasteiger partial charge is 0.272 e. The van der Waals surface area contributed by atoms with Gasteiger partial charge in [0, 0.05) is 18.5 Å². The lowest BCUT2D eigenvalue weighted by molar-refractivity contribution is 0.0720. The van der Waals surface area contributed by atoms with Crippen LogP contribution < -0.4 is 0 Å². The molecule has 0 saturated heterocycles. The van der Waals surface area contributed by atoms with E-state index in [1.54, 1.807) is 16.0 Å². The molecule has 2 aromatic heterocycles. The summed E-state index contributed by atoms with van der Waals surface area (Å²) >= 11 is 1.59. The van der Waals surface area contributed by atoms with E-state index in [2.05, 4.69) is 23.9 Å². The first kappa shape index (κ1) is 18.3. The number of aryl methyl sites for hydroxylation is 2. The maximum Gasteiger partial charge on any atom is 0.272 e. The van der Waals surface area contributed by atoms with Crippen molar-refractivity contribution in [1.29, 1.82) is 0 Å². The third-order valence-electron chi connectivity index (χ3n) is 4.39. The van der Waals surface area contributed by atoms with Crippen LogP contribution in [-0.4, -0.2) is 25.6 Å². The van der Waals surface area contributed by atoms with E-state index >= 15 is 0 Å². The zero-order chi connectivity index (χ0) is 18.7. The molecule has 0 unspecified atom stereocenters. The predicted octanol–water partition coefficient (Wildman–Crippen LogP) is 4.15. The van der Waals surface area contributed by atoms with Crippen LogP contribution in [0.3, 0.4) is 0 Å². The molecular formula is C20H24N4OS. The van der Waals surface area contributed by atoms with Crippen LogP contribution in [0.4, 0.5) is 0 Å². The summed E-state index contributed by atoms with van der Waals surface area (Å²) in [5.41, 5.74) is 5.47. The van der Waals surface area contributed by atoms with Crippen molar-refractivity contribution in [2.24, 2.45) is 7.05 Å². The molecule has 0 fully saturated rings. The Labute approximate surface area is 158 Å². The lowest BCUT2D eigenvalue weighted by Crippen LogP contribution is -2.31. The Morgan fingerprint density at radius 2 is 1.96 bits per heavy atom. The van der Waals surface area contributed by atoms with Gasteiger partial charge in [-0.15, -0.1) is 11.3 Å². The molecule has 3 aromatic rings. The highest BCUT2D eigenvalue weighted by Crippen LogP contribution is 2.21. The zero-order valence-electron chi connectivity index (χ0n) is 15.6. The van der Waals surface area contributed by atoms with Gasteiger partial charge in [0.15, 0.2) is 0 Å². The second-order valence-corrected chi connectivity index (χ2v) is 7.68. The van der Waals surface area contributed by atoms with E-state index in [0.717, 1.165) is 21.8 Å². The van der Waals surface area contributed by atoms with Crippen LogP contribution in [0.25, 0.3) is 0 Å². The fourth-order valence-electron chi connectivity index (χ4n) is 2.79. The Kier molecular flexibility index (Phi) is 5.52. The SMILES string of the molecule is Cc1ncsc1CN(Cc1ccccc1)C(=O)c1cc(C(C)C)nn1C. The number of carbonyl (C=O) groups excluding carboxylic acids is 1. The molecule has 0 atom stereocenters. The second kappa shape index (κ2) is 7.83. The van der Waals surface area contributed by atoms with E-state index in [1.165, 1.54) is 0 Å². The van der Waals surface area contributed by atoms with Crippen LogP contribution in [-0.2, 0) is 20.1 Å². The molecule has 1 amide bonds. The molecule has 26 heavy (non-hydrogen) atoms. The standard InChI is InChI=1S/C20H24N4OS/c1-14(2)17-10-18(23(4)22-17)20(25)24(11-16-8-6-5-7-9-16)12-19-15(3)21-13-26-19/h5-10,13-14H,11-12H2,1-4H3. The molecule has 5 nitrogen and oxygen atoms in total. The van der Waals surface area contributed by atoms with Crippen LogP contribution in [0, 0.1) is 6.92 Å². The summed E-state index contributed by atoms with van der Waals surface area (Å²) in [5.74, 6) is 0.276. The first-order chi connectivity index (χ1) is 12.5. The average molecular weight is 369 g/mol. The Balaban J connectivity index is 1.91. The van der Waals surface area contributed by atoms with Crippen LogP contribution in [0.1, 0.15) is 52.1 Å². The molecule has 0 spiro atoms. The summed E-state index contributed by atoms with van der Waals surface area (Å²) in [7, 11) is 1.83. The third kappa shape index (κ3) is 4.02. The number of hydrogen-bond acceptors (Lipinski definition) is 4. The first-order valence-electron chi connectivity index (χ1n) is 8.71. The number of benzene rings is 1. The molecule has 0 bridgehead atoms. The van der Waals surface area contributed by atoms with E-state index < -0.39 is 0 Å². The van der Waals surface area contributed by atoms with Crippen molar-refractivity contribution in [2.45, 2.75) is 39.8 Å². The normalized spacial score (nSPS) is 11.1. The quantitative estimate of drug-likeness (QED) is 0.657. The van der Waals surface area contributed by atoms with Gasteiger partial charge in [0.1, 0.15) is 5.69 Å². The maximum absolute atomic E-state index is 13.3. The Hall–Kier alpha value is -2.47. The second-order valence-electron chi connectivity index (χ2n) is 6.74. The topological polar surface area (TPSA) is 51.0 Å². The molecule has 0 aliphatic rings. The highest BCUT2D eigenvalue weighted by atomic mass is 32.1. The Bertz CT molecular complexity index is 882. The molecule has 0 N–H and O–H groups in total. The molecule has 6 heteroatoms. The number of nitrogens with zero attached hydrogens (tertiary/aromatic N) is 4. The van der Waals surface area contributed by atoms with Gasteiger partial charge >= 0.3 is 0 Å². The molecule has 0 aliphatic carbocycles. The minimum Gasteiger partial charge on any atom is -0.328 e. The van der Waals surface area contributed by atoms with Crippen molar-refractivity contribution in [1.82, 2.24) is 19.7 Å². The Morgan fingerprint density at radius 3 is 2.54 bits per heavy atom. The Morgan fingerprint density at radius 1 is 1.23 bits per heavy atom. The summed E-state index contributed by atoms with van der Waals surface area (Å²) in [6.45, 7) is 7.25. The van der Waals surface area contributed by atoms with Crippen molar-refractivity contribution in [3.8, 4) is 0 Å². The summed E-state index contributed by atoms with van der Waals surface area (Å²) in [5, 5.41) is 4.49. The molecule has 3 rings (SSSR count). The van der Waals surface area contributed by atoms with Gasteiger partial charge in [0.25, 0.3) is 5.91 Å². The van der Waals surface area contributed by atoms with Gasteiger partial charge in [-0.2, -0.15) is 5.10 Å². The first-order valence-corrected chi connectivity index (χ1v) is 9.59. The third-order valence-corrected chi connectivity index (χ3v) is 5.31. The molecule has 1 aromatic carbocycles. The lowest BCUT2D eigenvalue weighted by atomic mass is 10.1. The van der Waals surface area contributed by atoms with E-state index in [1.807, 2.05) is 60.8 Å². The van der Waals surface area contributed by atoms with Gasteiger partial charge < -0.3 is 4.90 Å². The van der Waals surface area contributed by atoms with E-state index in [4.69, 9.17) is 0 Å². The molecular weight excluding hydrogens is 344 g/mol. The van der Waals surface area contributed by atoms with Crippen LogP contribution >= 0.6 is 11.3 Å². The van der Waals surface area contributed by atoms with Gasteiger partial charge in [-0.05, 0) is 24.5 Å². The molecule has 2 heterocycles. The van der Waals surface area contributed by atoms with E-state index in [-0.39, 0.29) is 11.8 Å². The zero-order valence-corrected chi connectivity index (χ0v) is 16.5. The number of carbonyl (C=O) groups is 1. The largest absolute Gasteiger partial charge is 0.328 e. The van der Waals surface area contributed by atoms with Crippen LogP contribution in [0.2, 0.25) is 0 Å². The molecule has 0 radical (unpaired) electrons. The van der Waals surface area contributed by atoms with Crippen LogP contribution in [0.15, 0.2) is 41.9 Å². The fraction of sp³-hybridized carbons (Fsp3) is 0.350. The minimum absolute atomic E-state index is 0.0106. The number of amides is 1. The van der Waals surface area contributed by atoms with Crippen LogP contribution in [0.5, 0.6) is 0 Å². The summed E-state index contributed by atoms with van der Waals surface area (Å²) in [4.78, 5) is 20.6. The van der Waals surface area contributed by atoms with Gasteiger partial charge in [0.2, 0.25) is 0 Å². The summed E-state index contributed by atoms with van der Waals surface area (Å²) in [6, 6.07) is 12.0. The summed E-state index contributed by atoms with van der Waals surface area (Å²) in [6.07, 6.45) is 0. The summed E-state index contributed by atoms with van der Waals surface area (Å²) < 4.78 is 1.69. The van der Waals surface area contributed by atoms with Crippen molar-refractivity contribution in [3.63, 3.8) is 0 Å². The van der Waals surface area contributed by atoms with Crippen molar-refractivity contribution < 1.29 is 4.79 Å². The molecule has 0 aliphatic heterocycles. The van der Waals surface area contributed by atoms with Crippen molar-refractivity contribution >= 4 is 17.2 Å². The van der Waals surface area contributed by atoms with E-state index in [9.17, 15) is 4.79 Å². The monoisotopic (exact) mass is 368 g/mol. The van der Waals surface area contributed by atoms with Crippen molar-refractivity contribution in [3.05, 3.63) is 69.4 Å². The number of rotatable bonds is 6. The number of hydrogen-bond donors (Lipinski definition) is 0. The van der Waals surface area contributed by atoms with Gasteiger partial charge in [-0.1, -0.05) is 44.2 Å². The van der Waals surface area contributed by atoms with E-state index in [0.29, 0.717) is 18.8 Å². The van der Waals surface area contributed by atoms with Gasteiger partial charge in [-0.3, -0.25) is 9.48 Å². The van der Waals surface area contributed by atoms with Gasteiger partial charge in [0.05, 0.1) is 23.4 Å². The van der Waals surface area contributed by atoms with Crippen molar-refractivity contribution in [2.75, 3.05) is 0 Å². The maximum atomic E-state index is 13.3. The minimum atomic E-state index is -0.0106. The van der Waals surface area contributed by atoms with Gasteiger partial charge in [-0.25, -0.2) is 4.98 Å². The fourth-order valence-corrected chi connectivity index (χ4v) is 3.58. The number of aromatic nitrogens is 3. The highest BCUT2D eigenvalue weighted by molar-refractivity contribution is 7.09. The average Bonchev–Trinajstić information content (AvgIpc) is 3.20. The lowest BCUT2D eigenvalue weighted by Gasteiger charge is -2.22. The predicted molar refractivity (Wildman–Crippen MR) is 104 cm³/mol. The molecule has 136 valence electrons.